The molecule has 1 heterocycles. The lowest BCUT2D eigenvalue weighted by atomic mass is 10.1. The fourth-order valence-corrected chi connectivity index (χ4v) is 2.78. The maximum atomic E-state index is 11.5. The van der Waals surface area contributed by atoms with Crippen molar-refractivity contribution < 1.29 is 9.59 Å². The molecule has 0 unspecified atom stereocenters. The topological polar surface area (TPSA) is 97.0 Å². The van der Waals surface area contributed by atoms with Gasteiger partial charge in [0.2, 0.25) is 0 Å². The first-order chi connectivity index (χ1) is 11.1. The molecule has 2 amide bonds. The number of nitrogens with zero attached hydrogens (tertiary/aromatic N) is 3. The number of thioether (sulfide) groups is 1. The molecule has 0 aromatic heterocycles. The third-order valence-corrected chi connectivity index (χ3v) is 4.00. The van der Waals surface area contributed by atoms with Gasteiger partial charge < -0.3 is 4.90 Å². The Hall–Kier alpha value is -2.77. The average molecular weight is 326 g/mol. The van der Waals surface area contributed by atoms with Crippen molar-refractivity contribution in [1.29, 1.82) is 10.5 Å². The second kappa shape index (κ2) is 8.02. The number of hydrogen-bond donors (Lipinski definition) is 1. The zero-order valence-electron chi connectivity index (χ0n) is 12.3. The number of benzene rings is 1. The number of rotatable bonds is 6. The second-order valence-corrected chi connectivity index (χ2v) is 5.76. The van der Waals surface area contributed by atoms with Gasteiger partial charge in [-0.2, -0.15) is 10.5 Å². The largest absolute Gasteiger partial charge is 0.369 e. The molecule has 1 aliphatic rings. The third-order valence-electron chi connectivity index (χ3n) is 3.19. The molecule has 1 saturated heterocycles. The van der Waals surface area contributed by atoms with E-state index in [2.05, 4.69) is 17.5 Å². The van der Waals surface area contributed by atoms with Crippen molar-refractivity contribution in [2.24, 2.45) is 0 Å². The van der Waals surface area contributed by atoms with E-state index in [1.807, 2.05) is 29.2 Å². The summed E-state index contributed by atoms with van der Waals surface area (Å²) in [4.78, 5) is 25.0. The van der Waals surface area contributed by atoms with Gasteiger partial charge in [0.15, 0.2) is 0 Å². The molecule has 1 aliphatic heterocycles. The van der Waals surface area contributed by atoms with E-state index in [9.17, 15) is 9.59 Å². The molecule has 0 aliphatic carbocycles. The van der Waals surface area contributed by atoms with E-state index >= 15 is 0 Å². The lowest BCUT2D eigenvalue weighted by molar-refractivity contribution is -0.115. The van der Waals surface area contributed by atoms with Crippen LogP contribution in [0.4, 0.5) is 10.5 Å². The smallest absolute Gasteiger partial charge is 0.290 e. The maximum absolute atomic E-state index is 11.5. The van der Waals surface area contributed by atoms with Crippen molar-refractivity contribution in [3.63, 3.8) is 0 Å². The molecule has 7 heteroatoms. The highest BCUT2D eigenvalue weighted by Crippen LogP contribution is 2.26. The van der Waals surface area contributed by atoms with Gasteiger partial charge in [0.05, 0.1) is 29.9 Å². The zero-order valence-corrected chi connectivity index (χ0v) is 13.1. The minimum absolute atomic E-state index is 0.364. The van der Waals surface area contributed by atoms with Crippen molar-refractivity contribution >= 4 is 34.7 Å². The van der Waals surface area contributed by atoms with Crippen LogP contribution < -0.4 is 10.2 Å². The molecule has 6 nitrogen and oxygen atoms in total. The van der Waals surface area contributed by atoms with Gasteiger partial charge in [0.25, 0.3) is 11.1 Å². The van der Waals surface area contributed by atoms with Crippen LogP contribution in [0.2, 0.25) is 0 Å². The summed E-state index contributed by atoms with van der Waals surface area (Å²) in [5, 5.41) is 19.3. The Morgan fingerprint density at radius 3 is 2.17 bits per heavy atom. The van der Waals surface area contributed by atoms with Crippen molar-refractivity contribution in [3.8, 4) is 12.1 Å². The van der Waals surface area contributed by atoms with Crippen LogP contribution in [0.25, 0.3) is 6.08 Å². The number of nitriles is 2. The van der Waals surface area contributed by atoms with Crippen LogP contribution >= 0.6 is 11.8 Å². The van der Waals surface area contributed by atoms with Crippen molar-refractivity contribution in [3.05, 3.63) is 34.7 Å². The molecule has 1 aromatic rings. The Balaban J connectivity index is 2.12. The van der Waals surface area contributed by atoms with E-state index in [0.717, 1.165) is 23.0 Å². The lowest BCUT2D eigenvalue weighted by Crippen LogP contribution is -2.25. The Labute approximate surface area is 138 Å². The van der Waals surface area contributed by atoms with Gasteiger partial charge in [-0.15, -0.1) is 0 Å². The number of amides is 2. The average Bonchev–Trinajstić information content (AvgIpc) is 2.86. The zero-order chi connectivity index (χ0) is 16.7. The van der Waals surface area contributed by atoms with E-state index < -0.39 is 0 Å². The monoisotopic (exact) mass is 326 g/mol. The van der Waals surface area contributed by atoms with E-state index in [4.69, 9.17) is 10.5 Å². The number of hydrogen-bond acceptors (Lipinski definition) is 6. The molecule has 0 saturated carbocycles. The first-order valence-corrected chi connectivity index (χ1v) is 7.79. The fourth-order valence-electron chi connectivity index (χ4n) is 2.09. The number of anilines is 1. The quantitative estimate of drug-likeness (QED) is 0.807. The van der Waals surface area contributed by atoms with Crippen LogP contribution in [0.5, 0.6) is 0 Å². The second-order valence-electron chi connectivity index (χ2n) is 4.75. The molecule has 1 N–H and O–H groups in total. The predicted molar refractivity (Wildman–Crippen MR) is 88.2 cm³/mol. The summed E-state index contributed by atoms with van der Waals surface area (Å²) in [7, 11) is 0. The van der Waals surface area contributed by atoms with Gasteiger partial charge >= 0.3 is 0 Å². The van der Waals surface area contributed by atoms with Crippen LogP contribution in [0.3, 0.4) is 0 Å². The minimum Gasteiger partial charge on any atom is -0.369 e. The molecule has 0 spiro atoms. The van der Waals surface area contributed by atoms with Crippen molar-refractivity contribution in [1.82, 2.24) is 5.32 Å². The third kappa shape index (κ3) is 4.60. The molecular formula is C16H14N4O2S. The number of carbonyl (C=O) groups is 2. The fraction of sp³-hybridized carbons (Fsp3) is 0.250. The predicted octanol–water partition coefficient (Wildman–Crippen LogP) is 2.64. The molecule has 0 radical (unpaired) electrons. The van der Waals surface area contributed by atoms with Crippen LogP contribution in [0.1, 0.15) is 18.4 Å². The highest BCUT2D eigenvalue weighted by Gasteiger charge is 2.24. The summed E-state index contributed by atoms with van der Waals surface area (Å²) in [6.45, 7) is 1.12. The number of nitrogens with one attached hydrogen (secondary N) is 1. The summed E-state index contributed by atoms with van der Waals surface area (Å²) in [6, 6.07) is 11.6. The molecule has 1 fully saturated rings. The molecule has 23 heavy (non-hydrogen) atoms. The van der Waals surface area contributed by atoms with E-state index in [1.54, 1.807) is 6.08 Å². The Bertz CT molecular complexity index is 695. The van der Waals surface area contributed by atoms with Gasteiger partial charge in [-0.25, -0.2) is 0 Å². The first-order valence-electron chi connectivity index (χ1n) is 6.98. The summed E-state index contributed by atoms with van der Waals surface area (Å²) < 4.78 is 0. The summed E-state index contributed by atoms with van der Waals surface area (Å²) in [5.41, 5.74) is 1.72. The number of imide groups is 1. The van der Waals surface area contributed by atoms with Crippen molar-refractivity contribution in [2.45, 2.75) is 12.8 Å². The molecular weight excluding hydrogens is 312 g/mol. The SMILES string of the molecule is N#CCCN(CCC#N)c1ccc(/C=C2\SC(=O)NC2=O)cc1. The minimum atomic E-state index is -0.381. The van der Waals surface area contributed by atoms with Gasteiger partial charge in [-0.1, -0.05) is 12.1 Å². The van der Waals surface area contributed by atoms with Gasteiger partial charge in [-0.05, 0) is 35.5 Å². The molecule has 116 valence electrons. The van der Waals surface area contributed by atoms with Crippen LogP contribution in [-0.4, -0.2) is 24.2 Å². The Kier molecular flexibility index (Phi) is 5.79. The summed E-state index contributed by atoms with van der Waals surface area (Å²) in [6.07, 6.45) is 2.43. The Morgan fingerprint density at radius 2 is 1.70 bits per heavy atom. The highest BCUT2D eigenvalue weighted by molar-refractivity contribution is 8.18. The molecule has 1 aromatic carbocycles. The van der Waals surface area contributed by atoms with E-state index in [0.29, 0.717) is 30.8 Å². The van der Waals surface area contributed by atoms with Crippen molar-refractivity contribution in [2.75, 3.05) is 18.0 Å². The Morgan fingerprint density at radius 1 is 1.09 bits per heavy atom. The summed E-state index contributed by atoms with van der Waals surface area (Å²) >= 11 is 0.880. The maximum Gasteiger partial charge on any atom is 0.290 e. The van der Waals surface area contributed by atoms with Crippen LogP contribution in [0, 0.1) is 22.7 Å². The van der Waals surface area contributed by atoms with Gasteiger partial charge in [-0.3, -0.25) is 14.9 Å². The molecule has 2 rings (SSSR count). The van der Waals surface area contributed by atoms with Gasteiger partial charge in [0, 0.05) is 18.8 Å². The van der Waals surface area contributed by atoms with E-state index in [-0.39, 0.29) is 11.1 Å². The lowest BCUT2D eigenvalue weighted by Gasteiger charge is -2.22. The van der Waals surface area contributed by atoms with Crippen LogP contribution in [-0.2, 0) is 4.79 Å². The van der Waals surface area contributed by atoms with Gasteiger partial charge in [0.1, 0.15) is 0 Å². The highest BCUT2D eigenvalue weighted by atomic mass is 32.2. The standard InChI is InChI=1S/C16H14N4O2S/c17-7-1-9-20(10-2-8-18)13-5-3-12(4-6-13)11-14-15(21)19-16(22)23-14/h3-6,11H,1-2,9-10H2,(H,19,21,22)/b14-11-. The summed E-state index contributed by atoms with van der Waals surface area (Å²) in [5.74, 6) is -0.381. The number of carbonyl (C=O) groups excluding carboxylic acids is 2. The molecule has 0 atom stereocenters. The van der Waals surface area contributed by atoms with E-state index in [1.165, 1.54) is 0 Å². The van der Waals surface area contributed by atoms with Crippen LogP contribution in [0.15, 0.2) is 29.2 Å². The normalized spacial score (nSPS) is 15.1. The molecule has 0 bridgehead atoms. The first kappa shape index (κ1) is 16.6.